The maximum absolute atomic E-state index is 13.5. The number of nitrogens with zero attached hydrogens (tertiary/aromatic N) is 2. The first-order valence-electron chi connectivity index (χ1n) is 11.5. The Morgan fingerprint density at radius 3 is 2.38 bits per heavy atom. The van der Waals surface area contributed by atoms with Crippen molar-refractivity contribution in [2.24, 2.45) is 5.92 Å². The van der Waals surface area contributed by atoms with E-state index in [4.69, 9.17) is 18.9 Å². The molecular formula is C26H32N2O6. The van der Waals surface area contributed by atoms with Gasteiger partial charge in [-0.3, -0.25) is 9.59 Å². The molecule has 2 amide bonds. The van der Waals surface area contributed by atoms with E-state index in [2.05, 4.69) is 6.07 Å². The number of carbonyl (C=O) groups is 2. The van der Waals surface area contributed by atoms with Gasteiger partial charge in [0.2, 0.25) is 17.6 Å². The number of carbonyl (C=O) groups excluding carboxylic acids is 2. The number of amides is 2. The molecule has 0 aromatic heterocycles. The molecule has 2 aliphatic rings. The van der Waals surface area contributed by atoms with E-state index >= 15 is 0 Å². The molecule has 2 aromatic rings. The second kappa shape index (κ2) is 10.2. The van der Waals surface area contributed by atoms with Gasteiger partial charge in [0.05, 0.1) is 40.0 Å². The molecule has 2 heterocycles. The van der Waals surface area contributed by atoms with Crippen LogP contribution in [0.25, 0.3) is 0 Å². The van der Waals surface area contributed by atoms with Gasteiger partial charge in [0.15, 0.2) is 11.5 Å². The van der Waals surface area contributed by atoms with Crippen molar-refractivity contribution in [1.29, 1.82) is 0 Å². The molecule has 2 fully saturated rings. The van der Waals surface area contributed by atoms with Crippen LogP contribution in [0.3, 0.4) is 0 Å². The second-order valence-electron chi connectivity index (χ2n) is 8.67. The van der Waals surface area contributed by atoms with Crippen molar-refractivity contribution in [3.05, 3.63) is 42.0 Å². The molecule has 0 bridgehead atoms. The van der Waals surface area contributed by atoms with Crippen molar-refractivity contribution in [1.82, 2.24) is 4.90 Å². The zero-order valence-electron chi connectivity index (χ0n) is 20.2. The minimum Gasteiger partial charge on any atom is -0.497 e. The van der Waals surface area contributed by atoms with E-state index < -0.39 is 0 Å². The van der Waals surface area contributed by atoms with E-state index in [0.29, 0.717) is 29.5 Å². The standard InChI is InChI=1S/C26H32N2O6/c1-31-21-9-5-7-17(12-21)11-19-8-6-10-27(19)26(30)18-13-24(29)28(16-18)20-14-22(32-2)25(34-4)23(15-20)33-3/h5,7,9,12,14-15,18-19H,6,8,10-11,13,16H2,1-4H3. The van der Waals surface area contributed by atoms with Crippen molar-refractivity contribution in [2.45, 2.75) is 31.7 Å². The predicted octanol–water partition coefficient (Wildman–Crippen LogP) is 3.31. The smallest absolute Gasteiger partial charge is 0.228 e. The van der Waals surface area contributed by atoms with Crippen LogP contribution >= 0.6 is 0 Å². The highest BCUT2D eigenvalue weighted by Gasteiger charge is 2.40. The average Bonchev–Trinajstić information content (AvgIpc) is 3.49. The first-order valence-corrected chi connectivity index (χ1v) is 11.5. The summed E-state index contributed by atoms with van der Waals surface area (Å²) in [5.74, 6) is 1.80. The summed E-state index contributed by atoms with van der Waals surface area (Å²) in [7, 11) is 6.26. The van der Waals surface area contributed by atoms with Crippen LogP contribution in [0.15, 0.2) is 36.4 Å². The molecule has 34 heavy (non-hydrogen) atoms. The quantitative estimate of drug-likeness (QED) is 0.592. The SMILES string of the molecule is COc1cccc(CC2CCCN2C(=O)C2CC(=O)N(c3cc(OC)c(OC)c(OC)c3)C2)c1. The molecule has 0 spiro atoms. The molecule has 2 unspecified atom stereocenters. The molecule has 8 nitrogen and oxygen atoms in total. The van der Waals surface area contributed by atoms with Crippen LogP contribution in [0.1, 0.15) is 24.8 Å². The number of likely N-dealkylation sites (tertiary alicyclic amines) is 1. The Morgan fingerprint density at radius 1 is 1.00 bits per heavy atom. The van der Waals surface area contributed by atoms with E-state index in [0.717, 1.165) is 37.1 Å². The van der Waals surface area contributed by atoms with Crippen molar-refractivity contribution in [2.75, 3.05) is 46.4 Å². The highest BCUT2D eigenvalue weighted by atomic mass is 16.5. The zero-order valence-corrected chi connectivity index (χ0v) is 20.2. The molecular weight excluding hydrogens is 436 g/mol. The third-order valence-corrected chi connectivity index (χ3v) is 6.70. The molecule has 0 N–H and O–H groups in total. The van der Waals surface area contributed by atoms with Crippen LogP contribution in [0.2, 0.25) is 0 Å². The number of hydrogen-bond acceptors (Lipinski definition) is 6. The van der Waals surface area contributed by atoms with Crippen LogP contribution in [0, 0.1) is 5.92 Å². The summed E-state index contributed by atoms with van der Waals surface area (Å²) in [5.41, 5.74) is 1.77. The van der Waals surface area contributed by atoms with Gasteiger partial charge in [0.1, 0.15) is 5.75 Å². The third-order valence-electron chi connectivity index (χ3n) is 6.70. The Bertz CT molecular complexity index is 1030. The average molecular weight is 469 g/mol. The Morgan fingerprint density at radius 2 is 1.74 bits per heavy atom. The van der Waals surface area contributed by atoms with Crippen LogP contribution in [-0.4, -0.2) is 64.3 Å². The van der Waals surface area contributed by atoms with E-state index in [1.165, 1.54) is 21.3 Å². The van der Waals surface area contributed by atoms with Gasteiger partial charge in [-0.05, 0) is 37.0 Å². The van der Waals surface area contributed by atoms with Crippen molar-refractivity contribution in [3.8, 4) is 23.0 Å². The Balaban J connectivity index is 1.49. The normalized spacial score (nSPS) is 19.9. The lowest BCUT2D eigenvalue weighted by molar-refractivity contribution is -0.136. The number of anilines is 1. The van der Waals surface area contributed by atoms with Crippen molar-refractivity contribution in [3.63, 3.8) is 0 Å². The fraction of sp³-hybridized carbons (Fsp3) is 0.462. The molecule has 0 radical (unpaired) electrons. The summed E-state index contributed by atoms with van der Waals surface area (Å²) >= 11 is 0. The van der Waals surface area contributed by atoms with Gasteiger partial charge in [0.25, 0.3) is 0 Å². The molecule has 0 saturated carbocycles. The first-order chi connectivity index (χ1) is 16.5. The zero-order chi connectivity index (χ0) is 24.2. The highest BCUT2D eigenvalue weighted by molar-refractivity contribution is 6.00. The van der Waals surface area contributed by atoms with Crippen LogP contribution in [0.4, 0.5) is 5.69 Å². The van der Waals surface area contributed by atoms with E-state index in [1.54, 1.807) is 24.1 Å². The first kappa shape index (κ1) is 23.7. The van der Waals surface area contributed by atoms with E-state index in [-0.39, 0.29) is 30.2 Å². The van der Waals surface area contributed by atoms with Crippen LogP contribution in [-0.2, 0) is 16.0 Å². The van der Waals surface area contributed by atoms with Gasteiger partial charge < -0.3 is 28.7 Å². The minimum absolute atomic E-state index is 0.0497. The van der Waals surface area contributed by atoms with E-state index in [9.17, 15) is 9.59 Å². The Hall–Kier alpha value is -3.42. The maximum atomic E-state index is 13.5. The fourth-order valence-electron chi connectivity index (χ4n) is 4.99. The monoisotopic (exact) mass is 468 g/mol. The predicted molar refractivity (Wildman–Crippen MR) is 128 cm³/mol. The Kier molecular flexibility index (Phi) is 7.14. The molecule has 8 heteroatoms. The van der Waals surface area contributed by atoms with Crippen LogP contribution in [0.5, 0.6) is 23.0 Å². The van der Waals surface area contributed by atoms with Gasteiger partial charge >= 0.3 is 0 Å². The fourth-order valence-corrected chi connectivity index (χ4v) is 4.99. The number of benzene rings is 2. The van der Waals surface area contributed by atoms with Gasteiger partial charge in [-0.2, -0.15) is 0 Å². The molecule has 4 rings (SSSR count). The largest absolute Gasteiger partial charge is 0.497 e. The summed E-state index contributed by atoms with van der Waals surface area (Å²) < 4.78 is 21.6. The summed E-state index contributed by atoms with van der Waals surface area (Å²) in [4.78, 5) is 30.0. The second-order valence-corrected chi connectivity index (χ2v) is 8.67. The number of methoxy groups -OCH3 is 4. The molecule has 2 aliphatic heterocycles. The Labute approximate surface area is 200 Å². The maximum Gasteiger partial charge on any atom is 0.228 e. The van der Waals surface area contributed by atoms with Gasteiger partial charge in [-0.15, -0.1) is 0 Å². The van der Waals surface area contributed by atoms with Crippen molar-refractivity contribution >= 4 is 17.5 Å². The van der Waals surface area contributed by atoms with Gasteiger partial charge in [0, 0.05) is 37.7 Å². The van der Waals surface area contributed by atoms with E-state index in [1.807, 2.05) is 23.1 Å². The number of ether oxygens (including phenoxy) is 4. The van der Waals surface area contributed by atoms with Gasteiger partial charge in [-0.1, -0.05) is 12.1 Å². The summed E-state index contributed by atoms with van der Waals surface area (Å²) in [6.45, 7) is 1.06. The molecule has 2 aromatic carbocycles. The molecule has 0 aliphatic carbocycles. The van der Waals surface area contributed by atoms with Gasteiger partial charge in [-0.25, -0.2) is 0 Å². The minimum atomic E-state index is -0.377. The summed E-state index contributed by atoms with van der Waals surface area (Å²) in [5, 5.41) is 0. The number of rotatable bonds is 8. The highest BCUT2D eigenvalue weighted by Crippen LogP contribution is 2.42. The topological polar surface area (TPSA) is 77.5 Å². The molecule has 182 valence electrons. The lowest BCUT2D eigenvalue weighted by Gasteiger charge is -2.27. The third kappa shape index (κ3) is 4.62. The lowest BCUT2D eigenvalue weighted by atomic mass is 10.0. The van der Waals surface area contributed by atoms with Crippen LogP contribution < -0.4 is 23.8 Å². The number of hydrogen-bond donors (Lipinski definition) is 0. The molecule has 2 saturated heterocycles. The lowest BCUT2D eigenvalue weighted by Crippen LogP contribution is -2.41. The summed E-state index contributed by atoms with van der Waals surface area (Å²) in [6.07, 6.45) is 2.90. The molecule has 2 atom stereocenters. The van der Waals surface area contributed by atoms with Crippen molar-refractivity contribution < 1.29 is 28.5 Å². The summed E-state index contributed by atoms with van der Waals surface area (Å²) in [6, 6.07) is 11.6.